The van der Waals surface area contributed by atoms with Crippen LogP contribution in [0.2, 0.25) is 0 Å². The van der Waals surface area contributed by atoms with Crippen molar-refractivity contribution in [2.75, 3.05) is 12.3 Å². The highest BCUT2D eigenvalue weighted by molar-refractivity contribution is 7.99. The van der Waals surface area contributed by atoms with Gasteiger partial charge in [-0.05, 0) is 30.5 Å². The number of carbonyl (C=O) groups is 2. The fourth-order valence-electron chi connectivity index (χ4n) is 3.15. The molecule has 144 valence electrons. The Balaban J connectivity index is 2.07. The molecule has 1 saturated heterocycles. The summed E-state index contributed by atoms with van der Waals surface area (Å²) < 4.78 is 13.6. The second-order valence-electron chi connectivity index (χ2n) is 6.66. The summed E-state index contributed by atoms with van der Waals surface area (Å²) in [6.45, 7) is 4.74. The third-order valence-corrected chi connectivity index (χ3v) is 5.84. The molecule has 0 aliphatic carbocycles. The summed E-state index contributed by atoms with van der Waals surface area (Å²) in [5, 5.41) is 2.67. The number of benzene rings is 1. The minimum absolute atomic E-state index is 0.0436. The van der Waals surface area contributed by atoms with E-state index in [1.165, 1.54) is 23.9 Å². The van der Waals surface area contributed by atoms with Crippen LogP contribution >= 0.6 is 11.8 Å². The van der Waals surface area contributed by atoms with Crippen LogP contribution in [0.25, 0.3) is 0 Å². The Morgan fingerprint density at radius 2 is 2.04 bits per heavy atom. The average Bonchev–Trinajstić information content (AvgIpc) is 3.07. The molecule has 6 heteroatoms. The number of nitrogens with one attached hydrogen (secondary N) is 1. The summed E-state index contributed by atoms with van der Waals surface area (Å²) in [5.74, 6) is 0.0716. The Morgan fingerprint density at radius 3 is 2.73 bits per heavy atom. The molecule has 1 N–H and O–H groups in total. The molecule has 1 aliphatic heterocycles. The first-order valence-electron chi connectivity index (χ1n) is 9.54. The lowest BCUT2D eigenvalue weighted by atomic mass is 10.1. The van der Waals surface area contributed by atoms with Crippen molar-refractivity contribution >= 4 is 23.6 Å². The van der Waals surface area contributed by atoms with Gasteiger partial charge in [-0.2, -0.15) is 0 Å². The van der Waals surface area contributed by atoms with Crippen LogP contribution in [-0.2, 0) is 9.59 Å². The molecule has 0 aromatic heterocycles. The molecule has 0 radical (unpaired) electrons. The summed E-state index contributed by atoms with van der Waals surface area (Å²) in [4.78, 5) is 27.0. The van der Waals surface area contributed by atoms with E-state index < -0.39 is 6.04 Å². The Hall–Kier alpha value is -1.56. The number of rotatable bonds is 9. The summed E-state index contributed by atoms with van der Waals surface area (Å²) in [6, 6.07) is 5.82. The number of hydrogen-bond acceptors (Lipinski definition) is 3. The van der Waals surface area contributed by atoms with E-state index in [0.717, 1.165) is 37.7 Å². The van der Waals surface area contributed by atoms with Crippen molar-refractivity contribution in [2.45, 2.75) is 63.8 Å². The van der Waals surface area contributed by atoms with Gasteiger partial charge in [-0.1, -0.05) is 45.2 Å². The van der Waals surface area contributed by atoms with Gasteiger partial charge in [-0.15, -0.1) is 11.8 Å². The maximum absolute atomic E-state index is 13.6. The van der Waals surface area contributed by atoms with Crippen LogP contribution in [0.15, 0.2) is 24.3 Å². The Labute approximate surface area is 159 Å². The number of halogens is 1. The summed E-state index contributed by atoms with van der Waals surface area (Å²) in [5.41, 5.74) is 0.734. The minimum Gasteiger partial charge on any atom is -0.354 e. The normalized spacial score (nSPS) is 19.6. The van der Waals surface area contributed by atoms with Crippen molar-refractivity contribution < 1.29 is 14.0 Å². The predicted octanol–water partition coefficient (Wildman–Crippen LogP) is 4.26. The largest absolute Gasteiger partial charge is 0.354 e. The van der Waals surface area contributed by atoms with E-state index in [9.17, 15) is 14.0 Å². The summed E-state index contributed by atoms with van der Waals surface area (Å²) >= 11 is 1.53. The molecule has 1 heterocycles. The van der Waals surface area contributed by atoms with Gasteiger partial charge in [-0.25, -0.2) is 4.39 Å². The summed E-state index contributed by atoms with van der Waals surface area (Å²) in [6.07, 6.45) is 5.49. The molecule has 1 fully saturated rings. The molecular formula is C20H29FN2O2S. The van der Waals surface area contributed by atoms with Gasteiger partial charge in [0, 0.05) is 18.7 Å². The molecule has 0 saturated carbocycles. The third kappa shape index (κ3) is 5.47. The van der Waals surface area contributed by atoms with E-state index in [2.05, 4.69) is 12.2 Å². The van der Waals surface area contributed by atoms with Crippen molar-refractivity contribution in [3.63, 3.8) is 0 Å². The first-order chi connectivity index (χ1) is 12.6. The molecule has 0 unspecified atom stereocenters. The van der Waals surface area contributed by atoms with Gasteiger partial charge in [0.25, 0.3) is 0 Å². The number of unbranched alkanes of at least 4 members (excludes halogenated alkanes) is 3. The highest BCUT2D eigenvalue weighted by Gasteiger charge is 2.41. The first kappa shape index (κ1) is 20.7. The molecule has 1 aliphatic rings. The molecule has 1 aromatic rings. The second kappa shape index (κ2) is 10.6. The SMILES string of the molecule is CCCCCCNC(=O)[C@H]1CS[C@H](c2cccc(F)c2)N1C(=O)CCC. The van der Waals surface area contributed by atoms with E-state index in [1.807, 2.05) is 13.0 Å². The van der Waals surface area contributed by atoms with Gasteiger partial charge in [0.15, 0.2) is 0 Å². The lowest BCUT2D eigenvalue weighted by Crippen LogP contribution is -2.48. The van der Waals surface area contributed by atoms with Crippen LogP contribution < -0.4 is 5.32 Å². The monoisotopic (exact) mass is 380 g/mol. The maximum Gasteiger partial charge on any atom is 0.243 e. The fraction of sp³-hybridized carbons (Fsp3) is 0.600. The zero-order chi connectivity index (χ0) is 18.9. The third-order valence-electron chi connectivity index (χ3n) is 4.52. The summed E-state index contributed by atoms with van der Waals surface area (Å²) in [7, 11) is 0. The minimum atomic E-state index is -0.488. The van der Waals surface area contributed by atoms with Crippen molar-refractivity contribution in [1.82, 2.24) is 10.2 Å². The highest BCUT2D eigenvalue weighted by Crippen LogP contribution is 2.42. The van der Waals surface area contributed by atoms with Crippen LogP contribution in [0.3, 0.4) is 0 Å². The van der Waals surface area contributed by atoms with Gasteiger partial charge in [0.2, 0.25) is 11.8 Å². The van der Waals surface area contributed by atoms with E-state index in [1.54, 1.807) is 11.0 Å². The van der Waals surface area contributed by atoms with Gasteiger partial charge in [0.1, 0.15) is 17.2 Å². The zero-order valence-corrected chi connectivity index (χ0v) is 16.5. The molecular weight excluding hydrogens is 351 g/mol. The van der Waals surface area contributed by atoms with Gasteiger partial charge >= 0.3 is 0 Å². The topological polar surface area (TPSA) is 49.4 Å². The molecule has 2 amide bonds. The molecule has 26 heavy (non-hydrogen) atoms. The van der Waals surface area contributed by atoms with Crippen molar-refractivity contribution in [2.24, 2.45) is 0 Å². The number of hydrogen-bond donors (Lipinski definition) is 1. The van der Waals surface area contributed by atoms with Gasteiger partial charge in [-0.3, -0.25) is 9.59 Å². The number of thioether (sulfide) groups is 1. The number of amides is 2. The first-order valence-corrected chi connectivity index (χ1v) is 10.6. The van der Waals surface area contributed by atoms with E-state index in [-0.39, 0.29) is 23.0 Å². The van der Waals surface area contributed by atoms with Crippen molar-refractivity contribution in [3.8, 4) is 0 Å². The highest BCUT2D eigenvalue weighted by atomic mass is 32.2. The van der Waals surface area contributed by atoms with Crippen LogP contribution in [0.4, 0.5) is 4.39 Å². The van der Waals surface area contributed by atoms with E-state index in [0.29, 0.717) is 18.7 Å². The van der Waals surface area contributed by atoms with Gasteiger partial charge in [0.05, 0.1) is 0 Å². The maximum atomic E-state index is 13.6. The molecule has 0 bridgehead atoms. The van der Waals surface area contributed by atoms with Crippen molar-refractivity contribution in [3.05, 3.63) is 35.6 Å². The van der Waals surface area contributed by atoms with E-state index >= 15 is 0 Å². The second-order valence-corrected chi connectivity index (χ2v) is 7.77. The quantitative estimate of drug-likeness (QED) is 0.651. The Bertz CT molecular complexity index is 611. The Kier molecular flexibility index (Phi) is 8.42. The lowest BCUT2D eigenvalue weighted by Gasteiger charge is -2.29. The smallest absolute Gasteiger partial charge is 0.243 e. The molecule has 2 atom stereocenters. The fourth-order valence-corrected chi connectivity index (χ4v) is 4.59. The van der Waals surface area contributed by atoms with Crippen LogP contribution in [0, 0.1) is 5.82 Å². The van der Waals surface area contributed by atoms with E-state index in [4.69, 9.17) is 0 Å². The predicted molar refractivity (Wildman–Crippen MR) is 104 cm³/mol. The number of carbonyl (C=O) groups excluding carboxylic acids is 2. The van der Waals surface area contributed by atoms with Gasteiger partial charge < -0.3 is 10.2 Å². The molecule has 0 spiro atoms. The van der Waals surface area contributed by atoms with Crippen LogP contribution in [0.5, 0.6) is 0 Å². The standard InChI is InChI=1S/C20H29FN2O2S/c1-3-5-6-7-12-22-19(25)17-14-26-20(23(17)18(24)9-4-2)15-10-8-11-16(21)13-15/h8,10-11,13,17,20H,3-7,9,12,14H2,1-2H3,(H,22,25)/t17-,20-/m1/s1. The number of nitrogens with zero attached hydrogens (tertiary/aromatic N) is 1. The zero-order valence-electron chi connectivity index (χ0n) is 15.7. The average molecular weight is 381 g/mol. The lowest BCUT2D eigenvalue weighted by molar-refractivity contribution is -0.139. The van der Waals surface area contributed by atoms with Crippen LogP contribution in [0.1, 0.15) is 63.3 Å². The molecule has 2 rings (SSSR count). The molecule has 4 nitrogen and oxygen atoms in total. The van der Waals surface area contributed by atoms with Crippen LogP contribution in [-0.4, -0.2) is 35.1 Å². The molecule has 1 aromatic carbocycles. The Morgan fingerprint density at radius 1 is 1.23 bits per heavy atom. The van der Waals surface area contributed by atoms with Crippen molar-refractivity contribution in [1.29, 1.82) is 0 Å².